The van der Waals surface area contributed by atoms with Crippen LogP contribution < -0.4 is 10.0 Å². The number of hydrogen-bond acceptors (Lipinski definition) is 5. The summed E-state index contributed by atoms with van der Waals surface area (Å²) in [5.74, 6) is 0. The Morgan fingerprint density at radius 1 is 1.25 bits per heavy atom. The van der Waals surface area contributed by atoms with E-state index >= 15 is 0 Å². The van der Waals surface area contributed by atoms with Crippen molar-refractivity contribution in [3.63, 3.8) is 0 Å². The smallest absolute Gasteiger partial charge is 0.242 e. The highest BCUT2D eigenvalue weighted by Crippen LogP contribution is 2.20. The van der Waals surface area contributed by atoms with Crippen molar-refractivity contribution in [1.29, 1.82) is 0 Å². The monoisotopic (exact) mass is 302 g/mol. The molecule has 1 aromatic rings. The lowest BCUT2D eigenvalue weighted by Crippen LogP contribution is -2.28. The molecule has 0 saturated heterocycles. The van der Waals surface area contributed by atoms with Gasteiger partial charge in [-0.1, -0.05) is 19.1 Å². The second-order valence-corrected chi connectivity index (χ2v) is 5.93. The molecule has 0 spiro atoms. The molecule has 0 fully saturated rings. The highest BCUT2D eigenvalue weighted by Gasteiger charge is 2.17. The van der Waals surface area contributed by atoms with Crippen LogP contribution in [0, 0.1) is 0 Å². The van der Waals surface area contributed by atoms with Gasteiger partial charge in [0.05, 0.1) is 18.4 Å². The Kier molecular flexibility index (Phi) is 6.94. The number of para-hydroxylation sites is 1. The molecule has 1 unspecified atom stereocenters. The van der Waals surface area contributed by atoms with Gasteiger partial charge in [-0.15, -0.1) is 0 Å². The topological polar surface area (TPSA) is 76.7 Å². The molecular weight excluding hydrogens is 280 g/mol. The van der Waals surface area contributed by atoms with E-state index in [1.165, 1.54) is 0 Å². The Balaban J connectivity index is 2.86. The summed E-state index contributed by atoms with van der Waals surface area (Å²) in [4.78, 5) is 0.231. The standard InChI is InChI=1S/C13H22N2O4S/c1-4-15-20(16,17)13-8-6-5-7-12(13)14-9-11(19-3)10-18-2/h5-8,11,14-15H,4,9-10H2,1-3H3. The summed E-state index contributed by atoms with van der Waals surface area (Å²) in [5.41, 5.74) is 0.548. The van der Waals surface area contributed by atoms with Crippen molar-refractivity contribution >= 4 is 15.7 Å². The highest BCUT2D eigenvalue weighted by molar-refractivity contribution is 7.89. The van der Waals surface area contributed by atoms with E-state index in [1.54, 1.807) is 45.4 Å². The van der Waals surface area contributed by atoms with Crippen LogP contribution in [0.5, 0.6) is 0 Å². The Bertz CT molecular complexity index is 505. The van der Waals surface area contributed by atoms with Crippen LogP contribution in [0.4, 0.5) is 5.69 Å². The van der Waals surface area contributed by atoms with Crippen molar-refractivity contribution < 1.29 is 17.9 Å². The number of ether oxygens (including phenoxy) is 2. The minimum atomic E-state index is -3.49. The van der Waals surface area contributed by atoms with Gasteiger partial charge in [0.1, 0.15) is 4.90 Å². The third kappa shape index (κ3) is 4.75. The zero-order valence-electron chi connectivity index (χ0n) is 12.0. The molecule has 0 bridgehead atoms. The van der Waals surface area contributed by atoms with E-state index in [2.05, 4.69) is 10.0 Å². The van der Waals surface area contributed by atoms with E-state index in [0.29, 0.717) is 25.4 Å². The lowest BCUT2D eigenvalue weighted by atomic mass is 10.3. The molecule has 0 aliphatic rings. The van der Waals surface area contributed by atoms with E-state index in [9.17, 15) is 8.42 Å². The molecule has 1 atom stereocenters. The van der Waals surface area contributed by atoms with Gasteiger partial charge in [-0.05, 0) is 12.1 Å². The normalized spacial score (nSPS) is 13.2. The Morgan fingerprint density at radius 3 is 2.55 bits per heavy atom. The van der Waals surface area contributed by atoms with Gasteiger partial charge in [-0.2, -0.15) is 0 Å². The van der Waals surface area contributed by atoms with Crippen molar-refractivity contribution in [2.75, 3.05) is 39.2 Å². The first-order valence-electron chi connectivity index (χ1n) is 6.39. The SMILES string of the molecule is CCNS(=O)(=O)c1ccccc1NCC(COC)OC. The average molecular weight is 302 g/mol. The van der Waals surface area contributed by atoms with Crippen LogP contribution in [0.3, 0.4) is 0 Å². The van der Waals surface area contributed by atoms with Crippen LogP contribution in [0.25, 0.3) is 0 Å². The summed E-state index contributed by atoms with van der Waals surface area (Å²) >= 11 is 0. The molecule has 0 heterocycles. The minimum Gasteiger partial charge on any atom is -0.382 e. The van der Waals surface area contributed by atoms with Crippen molar-refractivity contribution in [3.05, 3.63) is 24.3 Å². The van der Waals surface area contributed by atoms with Crippen molar-refractivity contribution in [1.82, 2.24) is 4.72 Å². The van der Waals surface area contributed by atoms with Crippen LogP contribution in [-0.4, -0.2) is 48.4 Å². The number of hydrogen-bond donors (Lipinski definition) is 2. The number of sulfonamides is 1. The predicted molar refractivity (Wildman–Crippen MR) is 78.5 cm³/mol. The van der Waals surface area contributed by atoms with Crippen LogP contribution >= 0.6 is 0 Å². The van der Waals surface area contributed by atoms with Gasteiger partial charge in [0.2, 0.25) is 10.0 Å². The van der Waals surface area contributed by atoms with Gasteiger partial charge < -0.3 is 14.8 Å². The molecular formula is C13H22N2O4S. The van der Waals surface area contributed by atoms with E-state index in [0.717, 1.165) is 0 Å². The van der Waals surface area contributed by atoms with Crippen LogP contribution in [-0.2, 0) is 19.5 Å². The van der Waals surface area contributed by atoms with Gasteiger partial charge in [-0.3, -0.25) is 0 Å². The summed E-state index contributed by atoms with van der Waals surface area (Å²) in [7, 11) is -0.310. The predicted octanol–water partition coefficient (Wildman–Crippen LogP) is 1.06. The van der Waals surface area contributed by atoms with Crippen molar-refractivity contribution in [2.45, 2.75) is 17.9 Å². The van der Waals surface area contributed by atoms with Crippen molar-refractivity contribution in [3.8, 4) is 0 Å². The fourth-order valence-electron chi connectivity index (χ4n) is 1.73. The summed E-state index contributed by atoms with van der Waals surface area (Å²) in [6.07, 6.45) is -0.144. The van der Waals surface area contributed by atoms with Crippen LogP contribution in [0.2, 0.25) is 0 Å². The molecule has 0 aromatic heterocycles. The van der Waals surface area contributed by atoms with Crippen molar-refractivity contribution in [2.24, 2.45) is 0 Å². The number of benzene rings is 1. The highest BCUT2D eigenvalue weighted by atomic mass is 32.2. The number of rotatable bonds is 9. The molecule has 1 aromatic carbocycles. The van der Waals surface area contributed by atoms with E-state index in [-0.39, 0.29) is 11.0 Å². The lowest BCUT2D eigenvalue weighted by Gasteiger charge is -2.17. The fourth-order valence-corrected chi connectivity index (χ4v) is 2.96. The fraction of sp³-hybridized carbons (Fsp3) is 0.538. The van der Waals surface area contributed by atoms with Gasteiger partial charge in [0.25, 0.3) is 0 Å². The Hall–Kier alpha value is -1.15. The van der Waals surface area contributed by atoms with Gasteiger partial charge in [0, 0.05) is 27.3 Å². The maximum atomic E-state index is 12.1. The second-order valence-electron chi connectivity index (χ2n) is 4.19. The summed E-state index contributed by atoms with van der Waals surface area (Å²) in [6, 6.07) is 6.77. The Labute approximate surface area is 120 Å². The summed E-state index contributed by atoms with van der Waals surface area (Å²) < 4.78 is 36.9. The molecule has 6 nitrogen and oxygen atoms in total. The van der Waals surface area contributed by atoms with E-state index in [4.69, 9.17) is 9.47 Å². The first kappa shape index (κ1) is 16.9. The number of nitrogens with one attached hydrogen (secondary N) is 2. The molecule has 20 heavy (non-hydrogen) atoms. The average Bonchev–Trinajstić information content (AvgIpc) is 2.43. The zero-order chi connectivity index (χ0) is 15.0. The van der Waals surface area contributed by atoms with Gasteiger partial charge >= 0.3 is 0 Å². The maximum absolute atomic E-state index is 12.1. The third-order valence-corrected chi connectivity index (χ3v) is 4.32. The first-order valence-corrected chi connectivity index (χ1v) is 7.87. The Morgan fingerprint density at radius 2 is 1.95 bits per heavy atom. The molecule has 1 rings (SSSR count). The molecule has 0 radical (unpaired) electrons. The number of anilines is 1. The zero-order valence-corrected chi connectivity index (χ0v) is 12.9. The van der Waals surface area contributed by atoms with Gasteiger partial charge in [0.15, 0.2) is 0 Å². The van der Waals surface area contributed by atoms with E-state index in [1.807, 2.05) is 0 Å². The molecule has 114 valence electrons. The molecule has 0 saturated carbocycles. The second kappa shape index (κ2) is 8.21. The summed E-state index contributed by atoms with van der Waals surface area (Å²) in [5, 5.41) is 3.09. The van der Waals surface area contributed by atoms with E-state index < -0.39 is 10.0 Å². The number of methoxy groups -OCH3 is 2. The van der Waals surface area contributed by atoms with Crippen LogP contribution in [0.15, 0.2) is 29.2 Å². The first-order chi connectivity index (χ1) is 9.55. The largest absolute Gasteiger partial charge is 0.382 e. The van der Waals surface area contributed by atoms with Crippen LogP contribution in [0.1, 0.15) is 6.92 Å². The van der Waals surface area contributed by atoms with Gasteiger partial charge in [-0.25, -0.2) is 13.1 Å². The molecule has 0 amide bonds. The molecule has 2 N–H and O–H groups in total. The molecule has 7 heteroatoms. The third-order valence-electron chi connectivity index (χ3n) is 2.72. The maximum Gasteiger partial charge on any atom is 0.242 e. The molecule has 0 aliphatic carbocycles. The lowest BCUT2D eigenvalue weighted by molar-refractivity contribution is 0.0365. The molecule has 0 aliphatic heterocycles. The quantitative estimate of drug-likeness (QED) is 0.713. The minimum absolute atomic E-state index is 0.144. The summed E-state index contributed by atoms with van der Waals surface area (Å²) in [6.45, 7) is 2.99.